The number of aryl methyl sites for hydroxylation is 1. The number of carboxylic acids is 1. The maximum Gasteiger partial charge on any atom is 0.425 e. The number of nitrogens with zero attached hydrogens (tertiary/aromatic N) is 1. The molecule has 0 aliphatic carbocycles. The molecule has 2 N–H and O–H groups in total. The van der Waals surface area contributed by atoms with Gasteiger partial charge in [0.05, 0.1) is 14.2 Å². The van der Waals surface area contributed by atoms with Crippen LogP contribution in [-0.4, -0.2) is 60.1 Å². The molecule has 2 aromatic rings. The number of esters is 1. The molecule has 190 valence electrons. The highest BCUT2D eigenvalue weighted by atomic mass is 16.6. The minimum Gasteiger partial charge on any atom is -0.497 e. The Bertz CT molecular complexity index is 1020. The normalized spacial score (nSPS) is 12.9. The third-order valence-corrected chi connectivity index (χ3v) is 5.21. The molecule has 0 aromatic heterocycles. The van der Waals surface area contributed by atoms with E-state index in [2.05, 4.69) is 5.43 Å². The van der Waals surface area contributed by atoms with Gasteiger partial charge in [0.15, 0.2) is 6.04 Å². The fraction of sp³-hybridized carbons (Fsp3) is 0.423. The molecule has 0 heterocycles. The highest BCUT2D eigenvalue weighted by Crippen LogP contribution is 2.20. The Morgan fingerprint density at radius 2 is 1.69 bits per heavy atom. The van der Waals surface area contributed by atoms with Crippen molar-refractivity contribution in [1.29, 1.82) is 0 Å². The molecule has 0 saturated heterocycles. The Morgan fingerprint density at radius 3 is 2.20 bits per heavy atom. The molecular formula is C26H34N2O7. The Hall–Kier alpha value is -3.59. The minimum absolute atomic E-state index is 0.0453. The monoisotopic (exact) mass is 486 g/mol. The van der Waals surface area contributed by atoms with E-state index in [1.165, 1.54) is 7.11 Å². The fourth-order valence-corrected chi connectivity index (χ4v) is 3.43. The molecule has 2 atom stereocenters. The first-order valence-electron chi connectivity index (χ1n) is 11.2. The molecule has 0 unspecified atom stereocenters. The number of rotatable bonds is 10. The average molecular weight is 487 g/mol. The van der Waals surface area contributed by atoms with E-state index >= 15 is 0 Å². The summed E-state index contributed by atoms with van der Waals surface area (Å²) in [7, 11) is 2.76. The number of hydrazine groups is 1. The number of hydrogen-bond donors (Lipinski definition) is 2. The predicted octanol–water partition coefficient (Wildman–Crippen LogP) is 3.53. The molecule has 1 amide bonds. The summed E-state index contributed by atoms with van der Waals surface area (Å²) in [6.07, 6.45) is -0.751. The molecule has 0 spiro atoms. The summed E-state index contributed by atoms with van der Waals surface area (Å²) in [5.41, 5.74) is 4.20. The third kappa shape index (κ3) is 8.29. The van der Waals surface area contributed by atoms with Crippen molar-refractivity contribution < 1.29 is 33.7 Å². The van der Waals surface area contributed by atoms with E-state index in [0.29, 0.717) is 5.75 Å². The second-order valence-corrected chi connectivity index (χ2v) is 9.10. The lowest BCUT2D eigenvalue weighted by Gasteiger charge is -2.34. The van der Waals surface area contributed by atoms with E-state index in [9.17, 15) is 19.5 Å². The number of carbonyl (C=O) groups excluding carboxylic acids is 2. The van der Waals surface area contributed by atoms with Gasteiger partial charge in [0.2, 0.25) is 0 Å². The number of ether oxygens (including phenoxy) is 3. The Morgan fingerprint density at radius 1 is 1.03 bits per heavy atom. The van der Waals surface area contributed by atoms with E-state index in [1.54, 1.807) is 70.3 Å². The van der Waals surface area contributed by atoms with E-state index < -0.39 is 35.7 Å². The van der Waals surface area contributed by atoms with Gasteiger partial charge in [-0.15, -0.1) is 0 Å². The molecule has 2 rings (SSSR count). The zero-order valence-corrected chi connectivity index (χ0v) is 21.0. The first-order valence-corrected chi connectivity index (χ1v) is 11.2. The lowest BCUT2D eigenvalue weighted by Crippen LogP contribution is -2.60. The third-order valence-electron chi connectivity index (χ3n) is 5.21. The number of hydrogen-bond acceptors (Lipinski definition) is 7. The highest BCUT2D eigenvalue weighted by Gasteiger charge is 2.37. The maximum atomic E-state index is 13.2. The van der Waals surface area contributed by atoms with Crippen LogP contribution in [0, 0.1) is 6.92 Å². The number of benzene rings is 2. The van der Waals surface area contributed by atoms with Gasteiger partial charge < -0.3 is 19.3 Å². The Kier molecular flexibility index (Phi) is 9.65. The van der Waals surface area contributed by atoms with Crippen molar-refractivity contribution in [2.75, 3.05) is 14.2 Å². The number of carboxylic acid groups (broad SMARTS) is 1. The fourth-order valence-electron chi connectivity index (χ4n) is 3.43. The molecule has 9 heteroatoms. The zero-order valence-electron chi connectivity index (χ0n) is 21.0. The van der Waals surface area contributed by atoms with Gasteiger partial charge in [0, 0.05) is 12.8 Å². The summed E-state index contributed by atoms with van der Waals surface area (Å²) < 4.78 is 15.7. The van der Waals surface area contributed by atoms with Crippen LogP contribution in [0.4, 0.5) is 4.79 Å². The number of carbonyl (C=O) groups is 3. The van der Waals surface area contributed by atoms with Crippen LogP contribution in [0.3, 0.4) is 0 Å². The van der Waals surface area contributed by atoms with Crippen molar-refractivity contribution in [3.8, 4) is 5.75 Å². The van der Waals surface area contributed by atoms with Gasteiger partial charge in [-0.05, 0) is 56.5 Å². The van der Waals surface area contributed by atoms with Crippen molar-refractivity contribution >= 4 is 18.0 Å². The van der Waals surface area contributed by atoms with E-state index in [-0.39, 0.29) is 12.8 Å². The Balaban J connectivity index is 2.43. The lowest BCUT2D eigenvalue weighted by atomic mass is 10.0. The van der Waals surface area contributed by atoms with Gasteiger partial charge in [-0.2, -0.15) is 0 Å². The van der Waals surface area contributed by atoms with Gasteiger partial charge in [-0.3, -0.25) is 4.79 Å². The maximum absolute atomic E-state index is 13.2. The summed E-state index contributed by atoms with van der Waals surface area (Å²) in [5, 5.41) is 10.9. The second-order valence-electron chi connectivity index (χ2n) is 9.10. The van der Waals surface area contributed by atoms with Crippen LogP contribution in [0.1, 0.15) is 37.5 Å². The molecule has 0 fully saturated rings. The first kappa shape index (κ1) is 27.7. The summed E-state index contributed by atoms with van der Waals surface area (Å²) in [5.74, 6) is -1.26. The molecule has 0 bridgehead atoms. The van der Waals surface area contributed by atoms with Crippen LogP contribution in [0.15, 0.2) is 48.5 Å². The second kappa shape index (κ2) is 12.2. The number of aliphatic carboxylic acids is 1. The zero-order chi connectivity index (χ0) is 26.2. The van der Waals surface area contributed by atoms with Crippen LogP contribution in [0.5, 0.6) is 5.75 Å². The van der Waals surface area contributed by atoms with Crippen molar-refractivity contribution in [3.05, 3.63) is 65.2 Å². The van der Waals surface area contributed by atoms with E-state index in [1.807, 2.05) is 13.0 Å². The number of methoxy groups -OCH3 is 2. The van der Waals surface area contributed by atoms with Gasteiger partial charge in [0.25, 0.3) is 0 Å². The van der Waals surface area contributed by atoms with E-state index in [4.69, 9.17) is 14.2 Å². The van der Waals surface area contributed by atoms with Crippen molar-refractivity contribution in [1.82, 2.24) is 10.4 Å². The summed E-state index contributed by atoms with van der Waals surface area (Å²) in [4.78, 5) is 38.2. The molecule has 0 aliphatic heterocycles. The molecular weight excluding hydrogens is 452 g/mol. The van der Waals surface area contributed by atoms with Gasteiger partial charge in [-0.1, -0.05) is 36.4 Å². The smallest absolute Gasteiger partial charge is 0.425 e. The molecule has 35 heavy (non-hydrogen) atoms. The van der Waals surface area contributed by atoms with E-state index in [0.717, 1.165) is 21.7 Å². The van der Waals surface area contributed by atoms with Crippen molar-refractivity contribution in [2.45, 2.75) is 58.2 Å². The summed E-state index contributed by atoms with van der Waals surface area (Å²) in [6.45, 7) is 6.89. The Labute approximate surface area is 205 Å². The molecule has 0 saturated carbocycles. The minimum atomic E-state index is -1.24. The van der Waals surface area contributed by atoms with Gasteiger partial charge in [-0.25, -0.2) is 20.0 Å². The molecule has 0 radical (unpaired) electrons. The lowest BCUT2D eigenvalue weighted by molar-refractivity contribution is -0.151. The van der Waals surface area contributed by atoms with Crippen LogP contribution in [0.25, 0.3) is 0 Å². The summed E-state index contributed by atoms with van der Waals surface area (Å²) >= 11 is 0. The largest absolute Gasteiger partial charge is 0.497 e. The molecule has 2 aromatic carbocycles. The quantitative estimate of drug-likeness (QED) is 0.387. The standard InChI is InChI=1S/C26H34N2O7/c1-17-14-20(33-5)13-12-19(17)16-21(23(29)30)27-28(25(32)35-26(2,3)4)22(24(31)34-6)15-18-10-8-7-9-11-18/h7-14,21-22,27H,15-16H2,1-6H3,(H,29,30)/t21-,22-/m0/s1. The van der Waals surface area contributed by atoms with Crippen molar-refractivity contribution in [3.63, 3.8) is 0 Å². The van der Waals surface area contributed by atoms with Crippen LogP contribution < -0.4 is 10.2 Å². The van der Waals surface area contributed by atoms with Gasteiger partial charge >= 0.3 is 18.0 Å². The van der Waals surface area contributed by atoms with Crippen LogP contribution in [-0.2, 0) is 31.9 Å². The topological polar surface area (TPSA) is 114 Å². The van der Waals surface area contributed by atoms with Crippen LogP contribution in [0.2, 0.25) is 0 Å². The first-order chi connectivity index (χ1) is 16.4. The number of amides is 1. The number of nitrogens with one attached hydrogen (secondary N) is 1. The average Bonchev–Trinajstić information content (AvgIpc) is 2.80. The SMILES string of the molecule is COC(=O)[C@H](Cc1ccccc1)N(N[C@@H](Cc1ccc(OC)cc1C)C(=O)O)C(=O)OC(C)(C)C. The molecule has 9 nitrogen and oxygen atoms in total. The van der Waals surface area contributed by atoms with Crippen molar-refractivity contribution in [2.24, 2.45) is 0 Å². The van der Waals surface area contributed by atoms with Crippen LogP contribution >= 0.6 is 0 Å². The van der Waals surface area contributed by atoms with Gasteiger partial charge in [0.1, 0.15) is 17.4 Å². The molecule has 0 aliphatic rings. The summed E-state index contributed by atoms with van der Waals surface area (Å²) in [6, 6.07) is 11.9. The highest BCUT2D eigenvalue weighted by molar-refractivity contribution is 5.82. The predicted molar refractivity (Wildman–Crippen MR) is 130 cm³/mol.